The smallest absolute Gasteiger partial charge is 0.317 e. The molecular formula is C5H10N2O4. The normalized spacial score (nSPS) is 12.5. The van der Waals surface area contributed by atoms with Crippen molar-refractivity contribution >= 4 is 11.9 Å². The van der Waals surface area contributed by atoms with E-state index in [0.717, 1.165) is 0 Å². The molecule has 0 spiro atoms. The first-order chi connectivity index (χ1) is 5.04. The summed E-state index contributed by atoms with van der Waals surface area (Å²) in [5.74, 6) is -1.93. The molecule has 0 aliphatic rings. The molecule has 0 radical (unpaired) electrons. The molecule has 0 rings (SSSR count). The number of aliphatic carboxylic acids is 1. The number of nitrogens with two attached hydrogens (primary N) is 1. The number of hydrogen-bond acceptors (Lipinski definition) is 4. The van der Waals surface area contributed by atoms with Gasteiger partial charge in [-0.15, -0.1) is 0 Å². The number of amides is 1. The lowest BCUT2D eigenvalue weighted by Crippen LogP contribution is -2.39. The van der Waals surface area contributed by atoms with Crippen LogP contribution in [-0.2, 0) is 9.59 Å². The fourth-order valence-electron chi connectivity index (χ4n) is 0.416. The molecule has 11 heavy (non-hydrogen) atoms. The van der Waals surface area contributed by atoms with E-state index in [-0.39, 0.29) is 13.1 Å². The largest absolute Gasteiger partial charge is 0.480 e. The van der Waals surface area contributed by atoms with Crippen molar-refractivity contribution in [2.45, 2.75) is 6.10 Å². The molecule has 1 amide bonds. The zero-order valence-corrected chi connectivity index (χ0v) is 5.78. The highest BCUT2D eigenvalue weighted by molar-refractivity contribution is 5.78. The van der Waals surface area contributed by atoms with Gasteiger partial charge in [0.05, 0.1) is 6.54 Å². The monoisotopic (exact) mass is 162 g/mol. The molecule has 0 aliphatic carbocycles. The number of rotatable bonds is 5. The van der Waals surface area contributed by atoms with E-state index >= 15 is 0 Å². The number of aliphatic hydroxyl groups is 1. The van der Waals surface area contributed by atoms with Gasteiger partial charge in [-0.3, -0.25) is 9.59 Å². The van der Waals surface area contributed by atoms with Crippen molar-refractivity contribution in [1.82, 2.24) is 5.32 Å². The summed E-state index contributed by atoms with van der Waals surface area (Å²) in [4.78, 5) is 20.1. The SMILES string of the molecule is NC(=O)C(O)CNCC(=O)O. The van der Waals surface area contributed by atoms with Crippen LogP contribution in [0.3, 0.4) is 0 Å². The van der Waals surface area contributed by atoms with Gasteiger partial charge in [0.15, 0.2) is 0 Å². The van der Waals surface area contributed by atoms with Gasteiger partial charge in [0.2, 0.25) is 5.91 Å². The van der Waals surface area contributed by atoms with Crippen LogP contribution < -0.4 is 11.1 Å². The first kappa shape index (κ1) is 9.86. The van der Waals surface area contributed by atoms with E-state index in [1.807, 2.05) is 0 Å². The molecule has 6 nitrogen and oxygen atoms in total. The van der Waals surface area contributed by atoms with Gasteiger partial charge in [-0.1, -0.05) is 0 Å². The Morgan fingerprint density at radius 1 is 1.55 bits per heavy atom. The van der Waals surface area contributed by atoms with E-state index in [4.69, 9.17) is 10.2 Å². The highest BCUT2D eigenvalue weighted by atomic mass is 16.4. The van der Waals surface area contributed by atoms with Crippen LogP contribution in [0.15, 0.2) is 0 Å². The Balaban J connectivity index is 3.39. The van der Waals surface area contributed by atoms with Crippen molar-refractivity contribution in [3.05, 3.63) is 0 Å². The predicted molar refractivity (Wildman–Crippen MR) is 35.7 cm³/mol. The van der Waals surface area contributed by atoms with Crippen LogP contribution in [0.25, 0.3) is 0 Å². The molecule has 0 aliphatic heterocycles. The van der Waals surface area contributed by atoms with Crippen molar-refractivity contribution in [2.24, 2.45) is 5.73 Å². The van der Waals surface area contributed by atoms with Crippen LogP contribution in [-0.4, -0.2) is 41.3 Å². The Morgan fingerprint density at radius 2 is 2.09 bits per heavy atom. The summed E-state index contributed by atoms with van der Waals surface area (Å²) in [6.07, 6.45) is -1.32. The molecule has 0 fully saturated rings. The summed E-state index contributed by atoms with van der Waals surface area (Å²) >= 11 is 0. The van der Waals surface area contributed by atoms with Crippen molar-refractivity contribution in [2.75, 3.05) is 13.1 Å². The first-order valence-corrected chi connectivity index (χ1v) is 2.94. The summed E-state index contributed by atoms with van der Waals surface area (Å²) in [6.45, 7) is -0.439. The lowest BCUT2D eigenvalue weighted by molar-refractivity contribution is -0.136. The molecule has 0 heterocycles. The van der Waals surface area contributed by atoms with Gasteiger partial charge in [-0.25, -0.2) is 0 Å². The van der Waals surface area contributed by atoms with E-state index in [2.05, 4.69) is 11.1 Å². The Kier molecular flexibility index (Phi) is 4.16. The molecule has 0 aromatic carbocycles. The lowest BCUT2D eigenvalue weighted by Gasteiger charge is -2.05. The Labute approximate surface area is 63.0 Å². The molecule has 64 valence electrons. The molecule has 0 bridgehead atoms. The van der Waals surface area contributed by atoms with Gasteiger partial charge in [0.1, 0.15) is 6.10 Å². The van der Waals surface area contributed by atoms with Crippen LogP contribution in [0.2, 0.25) is 0 Å². The van der Waals surface area contributed by atoms with Crippen molar-refractivity contribution in [3.63, 3.8) is 0 Å². The Hall–Kier alpha value is -1.14. The third kappa shape index (κ3) is 5.31. The highest BCUT2D eigenvalue weighted by Crippen LogP contribution is 1.75. The van der Waals surface area contributed by atoms with Crippen molar-refractivity contribution in [1.29, 1.82) is 0 Å². The molecule has 1 atom stereocenters. The maximum atomic E-state index is 10.2. The predicted octanol–water partition coefficient (Wildman–Crippen LogP) is -2.49. The molecule has 6 heteroatoms. The standard InChI is InChI=1S/C5H10N2O4/c6-5(11)3(8)1-7-2-4(9)10/h3,7-8H,1-2H2,(H2,6,11)(H,9,10). The maximum Gasteiger partial charge on any atom is 0.317 e. The van der Waals surface area contributed by atoms with E-state index in [1.54, 1.807) is 0 Å². The third-order valence-electron chi connectivity index (χ3n) is 0.942. The van der Waals surface area contributed by atoms with Crippen molar-refractivity contribution < 1.29 is 19.8 Å². The van der Waals surface area contributed by atoms with Crippen LogP contribution in [0, 0.1) is 0 Å². The number of carboxylic acids is 1. The molecular weight excluding hydrogens is 152 g/mol. The van der Waals surface area contributed by atoms with Gasteiger partial charge in [0.25, 0.3) is 0 Å². The van der Waals surface area contributed by atoms with E-state index < -0.39 is 18.0 Å². The van der Waals surface area contributed by atoms with Crippen LogP contribution in [0.4, 0.5) is 0 Å². The van der Waals surface area contributed by atoms with Gasteiger partial charge in [-0.05, 0) is 0 Å². The van der Waals surface area contributed by atoms with Gasteiger partial charge < -0.3 is 21.3 Å². The maximum absolute atomic E-state index is 10.2. The average Bonchev–Trinajstić information content (AvgIpc) is 1.86. The fraction of sp³-hybridized carbons (Fsp3) is 0.600. The van der Waals surface area contributed by atoms with Gasteiger partial charge in [-0.2, -0.15) is 0 Å². The molecule has 0 aromatic heterocycles. The second-order valence-corrected chi connectivity index (χ2v) is 1.94. The number of hydrogen-bond donors (Lipinski definition) is 4. The van der Waals surface area contributed by atoms with Gasteiger partial charge in [0, 0.05) is 6.54 Å². The van der Waals surface area contributed by atoms with E-state index in [1.165, 1.54) is 0 Å². The number of carbonyl (C=O) groups excluding carboxylic acids is 1. The quantitative estimate of drug-likeness (QED) is 0.357. The van der Waals surface area contributed by atoms with Crippen LogP contribution >= 0.6 is 0 Å². The van der Waals surface area contributed by atoms with Crippen LogP contribution in [0.1, 0.15) is 0 Å². The Bertz CT molecular complexity index is 159. The molecule has 5 N–H and O–H groups in total. The van der Waals surface area contributed by atoms with Crippen LogP contribution in [0.5, 0.6) is 0 Å². The van der Waals surface area contributed by atoms with E-state index in [9.17, 15) is 9.59 Å². The zero-order chi connectivity index (χ0) is 8.85. The highest BCUT2D eigenvalue weighted by Gasteiger charge is 2.09. The minimum Gasteiger partial charge on any atom is -0.480 e. The summed E-state index contributed by atoms with van der Waals surface area (Å²) in [6, 6.07) is 0. The Morgan fingerprint density at radius 3 is 2.45 bits per heavy atom. The molecule has 1 unspecified atom stereocenters. The molecule has 0 saturated carbocycles. The van der Waals surface area contributed by atoms with Crippen molar-refractivity contribution in [3.8, 4) is 0 Å². The van der Waals surface area contributed by atoms with E-state index in [0.29, 0.717) is 0 Å². The first-order valence-electron chi connectivity index (χ1n) is 2.94. The summed E-state index contributed by atoms with van der Waals surface area (Å²) in [5, 5.41) is 19.1. The minimum atomic E-state index is -1.32. The minimum absolute atomic E-state index is 0.137. The number of carbonyl (C=O) groups is 2. The van der Waals surface area contributed by atoms with Gasteiger partial charge >= 0.3 is 5.97 Å². The number of aliphatic hydroxyl groups excluding tert-OH is 1. The summed E-state index contributed by atoms with van der Waals surface area (Å²) in [7, 11) is 0. The number of nitrogens with one attached hydrogen (secondary N) is 1. The summed E-state index contributed by atoms with van der Waals surface area (Å²) < 4.78 is 0. The fourth-order valence-corrected chi connectivity index (χ4v) is 0.416. The summed E-state index contributed by atoms with van der Waals surface area (Å²) in [5.41, 5.74) is 4.68. The zero-order valence-electron chi connectivity index (χ0n) is 5.78. The number of primary amides is 1. The lowest BCUT2D eigenvalue weighted by atomic mass is 10.3. The number of carboxylic acid groups (broad SMARTS) is 1. The third-order valence-corrected chi connectivity index (χ3v) is 0.942. The topological polar surface area (TPSA) is 113 Å². The second kappa shape index (κ2) is 4.64. The second-order valence-electron chi connectivity index (χ2n) is 1.94. The average molecular weight is 162 g/mol. The molecule has 0 saturated heterocycles. The molecule has 0 aromatic rings.